The summed E-state index contributed by atoms with van der Waals surface area (Å²) >= 11 is 7.04. The number of halogens is 2. The molecular weight excluding hydrogens is 385 g/mol. The molecule has 3 aromatic rings. The Morgan fingerprint density at radius 2 is 2.12 bits per heavy atom. The van der Waals surface area contributed by atoms with Gasteiger partial charge in [-0.25, -0.2) is 22.5 Å². The SMILES string of the molecule is Cc1nc(-c2cccnc2)sc1CNS(=O)(=O)c1ccc(F)c(Cl)c1. The van der Waals surface area contributed by atoms with Gasteiger partial charge in [0.1, 0.15) is 10.8 Å². The van der Waals surface area contributed by atoms with Crippen LogP contribution in [-0.2, 0) is 16.6 Å². The molecule has 0 aliphatic rings. The predicted molar refractivity (Wildman–Crippen MR) is 95.5 cm³/mol. The second kappa shape index (κ2) is 7.17. The van der Waals surface area contributed by atoms with Crippen molar-refractivity contribution >= 4 is 33.0 Å². The molecule has 3 rings (SSSR count). The molecule has 25 heavy (non-hydrogen) atoms. The lowest BCUT2D eigenvalue weighted by atomic mass is 10.3. The molecule has 2 heterocycles. The molecule has 0 radical (unpaired) electrons. The Morgan fingerprint density at radius 1 is 1.32 bits per heavy atom. The monoisotopic (exact) mass is 397 g/mol. The highest BCUT2D eigenvalue weighted by Crippen LogP contribution is 2.27. The van der Waals surface area contributed by atoms with Gasteiger partial charge in [0.05, 0.1) is 15.6 Å². The van der Waals surface area contributed by atoms with Crippen molar-refractivity contribution in [2.24, 2.45) is 0 Å². The molecule has 0 spiro atoms. The predicted octanol–water partition coefficient (Wildman–Crippen LogP) is 3.78. The molecule has 0 aliphatic heterocycles. The lowest BCUT2D eigenvalue weighted by Gasteiger charge is -2.06. The molecule has 0 fully saturated rings. The zero-order valence-corrected chi connectivity index (χ0v) is 15.4. The molecule has 0 unspecified atom stereocenters. The number of thiazole rings is 1. The van der Waals surface area contributed by atoms with E-state index in [9.17, 15) is 12.8 Å². The number of pyridine rings is 1. The van der Waals surface area contributed by atoms with Gasteiger partial charge < -0.3 is 0 Å². The summed E-state index contributed by atoms with van der Waals surface area (Å²) in [5, 5.41) is 0.528. The minimum atomic E-state index is -3.80. The topological polar surface area (TPSA) is 72.0 Å². The van der Waals surface area contributed by atoms with Crippen molar-refractivity contribution in [1.82, 2.24) is 14.7 Å². The Labute approximate surface area is 153 Å². The van der Waals surface area contributed by atoms with E-state index in [1.165, 1.54) is 17.4 Å². The standard InChI is InChI=1S/C16H13ClFN3O2S2/c1-10-15(24-16(21-10)11-3-2-6-19-8-11)9-20-25(22,23)12-4-5-14(18)13(17)7-12/h2-8,20H,9H2,1H3. The highest BCUT2D eigenvalue weighted by Gasteiger charge is 2.17. The number of aromatic nitrogens is 2. The van der Waals surface area contributed by atoms with Crippen LogP contribution < -0.4 is 4.72 Å². The van der Waals surface area contributed by atoms with Crippen molar-refractivity contribution in [3.63, 3.8) is 0 Å². The third-order valence-electron chi connectivity index (χ3n) is 3.43. The molecule has 0 aliphatic carbocycles. The Morgan fingerprint density at radius 3 is 2.80 bits per heavy atom. The van der Waals surface area contributed by atoms with Crippen LogP contribution in [0.3, 0.4) is 0 Å². The van der Waals surface area contributed by atoms with E-state index in [0.717, 1.165) is 33.3 Å². The summed E-state index contributed by atoms with van der Waals surface area (Å²) in [5.74, 6) is -0.667. The fraction of sp³-hybridized carbons (Fsp3) is 0.125. The Hall–Kier alpha value is -1.87. The summed E-state index contributed by atoms with van der Waals surface area (Å²) in [5.41, 5.74) is 1.61. The van der Waals surface area contributed by atoms with E-state index in [1.54, 1.807) is 12.4 Å². The lowest BCUT2D eigenvalue weighted by molar-refractivity contribution is 0.580. The molecule has 130 valence electrons. The normalized spacial score (nSPS) is 11.6. The highest BCUT2D eigenvalue weighted by molar-refractivity contribution is 7.89. The number of hydrogen-bond donors (Lipinski definition) is 1. The molecule has 1 N–H and O–H groups in total. The number of benzene rings is 1. The van der Waals surface area contributed by atoms with Gasteiger partial charge in [0, 0.05) is 29.4 Å². The van der Waals surface area contributed by atoms with Crippen molar-refractivity contribution in [3.8, 4) is 10.6 Å². The maximum atomic E-state index is 13.2. The summed E-state index contributed by atoms with van der Waals surface area (Å²) in [7, 11) is -3.80. The van der Waals surface area contributed by atoms with Crippen LogP contribution in [0.2, 0.25) is 5.02 Å². The first-order valence-electron chi connectivity index (χ1n) is 7.18. The third-order valence-corrected chi connectivity index (χ3v) is 6.32. The second-order valence-corrected chi connectivity index (χ2v) is 8.43. The van der Waals surface area contributed by atoms with E-state index < -0.39 is 15.8 Å². The van der Waals surface area contributed by atoms with Gasteiger partial charge >= 0.3 is 0 Å². The summed E-state index contributed by atoms with van der Waals surface area (Å²) in [6, 6.07) is 6.98. The van der Waals surface area contributed by atoms with Crippen LogP contribution in [0.1, 0.15) is 10.6 Å². The first-order chi connectivity index (χ1) is 11.9. The number of aryl methyl sites for hydroxylation is 1. The number of nitrogens with zero attached hydrogens (tertiary/aromatic N) is 2. The zero-order chi connectivity index (χ0) is 18.0. The average Bonchev–Trinajstić information content (AvgIpc) is 2.97. The second-order valence-electron chi connectivity index (χ2n) is 5.17. The van der Waals surface area contributed by atoms with Crippen LogP contribution in [0.5, 0.6) is 0 Å². The third kappa shape index (κ3) is 4.04. The molecular formula is C16H13ClFN3O2S2. The van der Waals surface area contributed by atoms with E-state index in [0.29, 0.717) is 0 Å². The van der Waals surface area contributed by atoms with Crippen LogP contribution in [0.4, 0.5) is 4.39 Å². The van der Waals surface area contributed by atoms with E-state index in [1.807, 2.05) is 19.1 Å². The van der Waals surface area contributed by atoms with Crippen LogP contribution in [0.15, 0.2) is 47.6 Å². The quantitative estimate of drug-likeness (QED) is 0.711. The van der Waals surface area contributed by atoms with Gasteiger partial charge in [-0.05, 0) is 37.3 Å². The Balaban J connectivity index is 1.79. The van der Waals surface area contributed by atoms with Crippen molar-refractivity contribution < 1.29 is 12.8 Å². The molecule has 0 amide bonds. The van der Waals surface area contributed by atoms with Crippen LogP contribution in [0, 0.1) is 12.7 Å². The van der Waals surface area contributed by atoms with Gasteiger partial charge in [-0.3, -0.25) is 4.98 Å². The van der Waals surface area contributed by atoms with Gasteiger partial charge in [0.15, 0.2) is 0 Å². The molecule has 0 saturated heterocycles. The molecule has 0 atom stereocenters. The first-order valence-corrected chi connectivity index (χ1v) is 9.86. The largest absolute Gasteiger partial charge is 0.264 e. The van der Waals surface area contributed by atoms with Crippen molar-refractivity contribution in [1.29, 1.82) is 0 Å². The Bertz CT molecular complexity index is 1010. The number of hydrogen-bond acceptors (Lipinski definition) is 5. The minimum absolute atomic E-state index is 0.0844. The average molecular weight is 398 g/mol. The molecule has 9 heteroatoms. The lowest BCUT2D eigenvalue weighted by Crippen LogP contribution is -2.23. The summed E-state index contributed by atoms with van der Waals surface area (Å²) in [6.45, 7) is 1.90. The highest BCUT2D eigenvalue weighted by atomic mass is 35.5. The zero-order valence-electron chi connectivity index (χ0n) is 13.0. The van der Waals surface area contributed by atoms with E-state index in [-0.39, 0.29) is 16.5 Å². The van der Waals surface area contributed by atoms with E-state index in [4.69, 9.17) is 11.6 Å². The van der Waals surface area contributed by atoms with Crippen molar-refractivity contribution in [3.05, 3.63) is 64.1 Å². The molecule has 0 saturated carbocycles. The minimum Gasteiger partial charge on any atom is -0.264 e. The van der Waals surface area contributed by atoms with E-state index >= 15 is 0 Å². The van der Waals surface area contributed by atoms with Crippen molar-refractivity contribution in [2.45, 2.75) is 18.4 Å². The van der Waals surface area contributed by atoms with Gasteiger partial charge in [-0.2, -0.15) is 0 Å². The van der Waals surface area contributed by atoms with Gasteiger partial charge in [0.25, 0.3) is 0 Å². The fourth-order valence-electron chi connectivity index (χ4n) is 2.09. The van der Waals surface area contributed by atoms with Gasteiger partial charge in [0.2, 0.25) is 10.0 Å². The summed E-state index contributed by atoms with van der Waals surface area (Å²) < 4.78 is 40.4. The molecule has 2 aromatic heterocycles. The molecule has 0 bridgehead atoms. The van der Waals surface area contributed by atoms with Gasteiger partial charge in [-0.1, -0.05) is 11.6 Å². The maximum absolute atomic E-state index is 13.2. The van der Waals surface area contributed by atoms with Crippen LogP contribution >= 0.6 is 22.9 Å². The number of nitrogens with one attached hydrogen (secondary N) is 1. The number of rotatable bonds is 5. The molecule has 1 aromatic carbocycles. The molecule has 5 nitrogen and oxygen atoms in total. The fourth-order valence-corrected chi connectivity index (χ4v) is 4.44. The maximum Gasteiger partial charge on any atom is 0.240 e. The van der Waals surface area contributed by atoms with Crippen molar-refractivity contribution in [2.75, 3.05) is 0 Å². The smallest absolute Gasteiger partial charge is 0.240 e. The van der Waals surface area contributed by atoms with Crippen LogP contribution in [0.25, 0.3) is 10.6 Å². The first kappa shape index (κ1) is 17.9. The van der Waals surface area contributed by atoms with Crippen LogP contribution in [-0.4, -0.2) is 18.4 Å². The summed E-state index contributed by atoms with van der Waals surface area (Å²) in [6.07, 6.45) is 3.37. The number of sulfonamides is 1. The van der Waals surface area contributed by atoms with E-state index in [2.05, 4.69) is 14.7 Å². The summed E-state index contributed by atoms with van der Waals surface area (Å²) in [4.78, 5) is 9.20. The Kier molecular flexibility index (Phi) is 5.14. The van der Waals surface area contributed by atoms with Gasteiger partial charge in [-0.15, -0.1) is 11.3 Å².